The van der Waals surface area contributed by atoms with Gasteiger partial charge in [0.05, 0.1) is 6.04 Å². The van der Waals surface area contributed by atoms with Crippen LogP contribution in [0.2, 0.25) is 0 Å². The van der Waals surface area contributed by atoms with Gasteiger partial charge in [0.25, 0.3) is 0 Å². The quantitative estimate of drug-likeness (QED) is 0.516. The molecule has 0 fully saturated rings. The fraction of sp³-hybridized carbons (Fsp3) is 0.143. The van der Waals surface area contributed by atoms with E-state index in [-0.39, 0.29) is 5.56 Å². The summed E-state index contributed by atoms with van der Waals surface area (Å²) in [4.78, 5) is 0. The standard InChI is InChI=1S/C14H12F4N2/c1-7-2-3-8(15)4-10(7)14(20-19)13-11(17)5-9(16)6-12(13)18/h2-6,14,20H,19H2,1H3. The second-order valence-corrected chi connectivity index (χ2v) is 4.38. The number of aryl methyl sites for hydroxylation is 1. The van der Waals surface area contributed by atoms with Crippen molar-refractivity contribution in [3.05, 3.63) is 70.3 Å². The van der Waals surface area contributed by atoms with E-state index in [1.54, 1.807) is 6.92 Å². The Morgan fingerprint density at radius 1 is 0.950 bits per heavy atom. The Labute approximate surface area is 113 Å². The molecule has 0 radical (unpaired) electrons. The van der Waals surface area contributed by atoms with E-state index in [0.717, 1.165) is 6.07 Å². The highest BCUT2D eigenvalue weighted by molar-refractivity contribution is 5.38. The van der Waals surface area contributed by atoms with Gasteiger partial charge in [-0.3, -0.25) is 5.84 Å². The van der Waals surface area contributed by atoms with Crippen molar-refractivity contribution in [2.75, 3.05) is 0 Å². The Morgan fingerprint density at radius 3 is 2.10 bits per heavy atom. The van der Waals surface area contributed by atoms with Gasteiger partial charge in [-0.15, -0.1) is 0 Å². The Balaban J connectivity index is 2.61. The highest BCUT2D eigenvalue weighted by Gasteiger charge is 2.23. The van der Waals surface area contributed by atoms with Crippen LogP contribution in [0.25, 0.3) is 0 Å². The molecule has 6 heteroatoms. The minimum Gasteiger partial charge on any atom is -0.271 e. The number of nitrogens with two attached hydrogens (primary N) is 1. The minimum absolute atomic E-state index is 0.275. The van der Waals surface area contributed by atoms with Gasteiger partial charge in [0, 0.05) is 17.7 Å². The molecule has 1 atom stereocenters. The molecule has 2 aromatic carbocycles. The van der Waals surface area contributed by atoms with Crippen molar-refractivity contribution in [1.82, 2.24) is 5.43 Å². The minimum atomic E-state index is -1.12. The maximum absolute atomic E-state index is 13.8. The molecule has 0 aliphatic heterocycles. The van der Waals surface area contributed by atoms with Gasteiger partial charge in [-0.05, 0) is 30.2 Å². The number of benzene rings is 2. The van der Waals surface area contributed by atoms with E-state index >= 15 is 0 Å². The van der Waals surface area contributed by atoms with Gasteiger partial charge in [-0.2, -0.15) is 0 Å². The number of hydrogen-bond donors (Lipinski definition) is 2. The van der Waals surface area contributed by atoms with Crippen LogP contribution in [0.4, 0.5) is 17.6 Å². The maximum atomic E-state index is 13.8. The zero-order valence-electron chi connectivity index (χ0n) is 10.6. The molecule has 0 spiro atoms. The molecule has 0 aliphatic rings. The molecule has 106 valence electrons. The normalized spacial score (nSPS) is 12.5. The number of hydrazine groups is 1. The summed E-state index contributed by atoms with van der Waals surface area (Å²) in [5.74, 6) is 1.56. The van der Waals surface area contributed by atoms with Gasteiger partial charge >= 0.3 is 0 Å². The lowest BCUT2D eigenvalue weighted by Crippen LogP contribution is -2.31. The third kappa shape index (κ3) is 2.66. The molecule has 0 aromatic heterocycles. The zero-order valence-corrected chi connectivity index (χ0v) is 10.6. The largest absolute Gasteiger partial charge is 0.271 e. The molecule has 20 heavy (non-hydrogen) atoms. The topological polar surface area (TPSA) is 38.0 Å². The summed E-state index contributed by atoms with van der Waals surface area (Å²) in [7, 11) is 0. The van der Waals surface area contributed by atoms with Crippen molar-refractivity contribution in [2.24, 2.45) is 5.84 Å². The first-order valence-corrected chi connectivity index (χ1v) is 5.80. The molecule has 0 heterocycles. The molecule has 3 N–H and O–H groups in total. The van der Waals surface area contributed by atoms with Gasteiger partial charge in [-0.1, -0.05) is 6.07 Å². The van der Waals surface area contributed by atoms with E-state index in [2.05, 4.69) is 5.43 Å². The Bertz CT molecular complexity index is 620. The van der Waals surface area contributed by atoms with Crippen LogP contribution in [0.15, 0.2) is 30.3 Å². The summed E-state index contributed by atoms with van der Waals surface area (Å²) in [5, 5.41) is 0. The van der Waals surface area contributed by atoms with Crippen LogP contribution < -0.4 is 11.3 Å². The zero-order chi connectivity index (χ0) is 14.9. The van der Waals surface area contributed by atoms with Crippen molar-refractivity contribution in [3.8, 4) is 0 Å². The smallest absolute Gasteiger partial charge is 0.134 e. The van der Waals surface area contributed by atoms with Crippen molar-refractivity contribution in [1.29, 1.82) is 0 Å². The van der Waals surface area contributed by atoms with E-state index in [1.165, 1.54) is 12.1 Å². The Hall–Kier alpha value is -1.92. The van der Waals surface area contributed by atoms with Crippen LogP contribution in [0, 0.1) is 30.2 Å². The third-order valence-electron chi connectivity index (χ3n) is 3.05. The van der Waals surface area contributed by atoms with Gasteiger partial charge in [0.1, 0.15) is 23.3 Å². The van der Waals surface area contributed by atoms with E-state index < -0.39 is 34.9 Å². The van der Waals surface area contributed by atoms with Crippen LogP contribution in [0.3, 0.4) is 0 Å². The lowest BCUT2D eigenvalue weighted by atomic mass is 9.94. The molecule has 0 saturated carbocycles. The summed E-state index contributed by atoms with van der Waals surface area (Å²) in [6, 6.07) is 3.81. The Morgan fingerprint density at radius 2 is 1.55 bits per heavy atom. The molecular weight excluding hydrogens is 272 g/mol. The molecule has 0 aliphatic carbocycles. The first-order chi connectivity index (χ1) is 9.43. The molecule has 0 saturated heterocycles. The predicted molar refractivity (Wildman–Crippen MR) is 66.6 cm³/mol. The first-order valence-electron chi connectivity index (χ1n) is 5.80. The lowest BCUT2D eigenvalue weighted by Gasteiger charge is -2.20. The number of halogens is 4. The van der Waals surface area contributed by atoms with Gasteiger partial charge in [0.15, 0.2) is 0 Å². The van der Waals surface area contributed by atoms with Crippen molar-refractivity contribution < 1.29 is 17.6 Å². The fourth-order valence-corrected chi connectivity index (χ4v) is 2.08. The van der Waals surface area contributed by atoms with Crippen molar-refractivity contribution in [2.45, 2.75) is 13.0 Å². The van der Waals surface area contributed by atoms with Crippen LogP contribution in [0.1, 0.15) is 22.7 Å². The molecule has 2 nitrogen and oxygen atoms in total. The van der Waals surface area contributed by atoms with Crippen LogP contribution in [-0.2, 0) is 0 Å². The van der Waals surface area contributed by atoms with Gasteiger partial charge in [0.2, 0.25) is 0 Å². The second-order valence-electron chi connectivity index (χ2n) is 4.38. The fourth-order valence-electron chi connectivity index (χ4n) is 2.08. The molecule has 0 bridgehead atoms. The average molecular weight is 284 g/mol. The molecule has 1 unspecified atom stereocenters. The SMILES string of the molecule is Cc1ccc(F)cc1C(NN)c1c(F)cc(F)cc1F. The summed E-state index contributed by atoms with van der Waals surface area (Å²) < 4.78 is 53.8. The van der Waals surface area contributed by atoms with Crippen molar-refractivity contribution >= 4 is 0 Å². The average Bonchev–Trinajstić information content (AvgIpc) is 2.37. The molecule has 2 rings (SSSR count). The third-order valence-corrected chi connectivity index (χ3v) is 3.05. The van der Waals surface area contributed by atoms with Crippen molar-refractivity contribution in [3.63, 3.8) is 0 Å². The highest BCUT2D eigenvalue weighted by atomic mass is 19.1. The number of nitrogens with one attached hydrogen (secondary N) is 1. The highest BCUT2D eigenvalue weighted by Crippen LogP contribution is 2.29. The Kier molecular flexibility index (Phi) is 4.06. The first kappa shape index (κ1) is 14.5. The van der Waals surface area contributed by atoms with Gasteiger partial charge in [-0.25, -0.2) is 23.0 Å². The van der Waals surface area contributed by atoms with E-state index in [1.807, 2.05) is 0 Å². The van der Waals surface area contributed by atoms with E-state index in [9.17, 15) is 17.6 Å². The number of rotatable bonds is 3. The molecular formula is C14H12F4N2. The van der Waals surface area contributed by atoms with Crippen LogP contribution in [0.5, 0.6) is 0 Å². The summed E-state index contributed by atoms with van der Waals surface area (Å²) in [6.45, 7) is 1.65. The van der Waals surface area contributed by atoms with Crippen LogP contribution in [-0.4, -0.2) is 0 Å². The number of hydrogen-bond acceptors (Lipinski definition) is 2. The second kappa shape index (κ2) is 5.60. The maximum Gasteiger partial charge on any atom is 0.134 e. The predicted octanol–water partition coefficient (Wildman–Crippen LogP) is 3.10. The monoisotopic (exact) mass is 284 g/mol. The van der Waals surface area contributed by atoms with E-state index in [0.29, 0.717) is 17.7 Å². The summed E-state index contributed by atoms with van der Waals surface area (Å²) in [6.07, 6.45) is 0. The molecule has 2 aromatic rings. The van der Waals surface area contributed by atoms with E-state index in [4.69, 9.17) is 5.84 Å². The summed E-state index contributed by atoms with van der Waals surface area (Å²) in [5.41, 5.74) is 2.65. The van der Waals surface area contributed by atoms with Crippen LogP contribution >= 0.6 is 0 Å². The molecule has 0 amide bonds. The van der Waals surface area contributed by atoms with Gasteiger partial charge < -0.3 is 0 Å². The summed E-state index contributed by atoms with van der Waals surface area (Å²) >= 11 is 0. The lowest BCUT2D eigenvalue weighted by molar-refractivity contribution is 0.490.